The first-order chi connectivity index (χ1) is 17.9. The maximum absolute atomic E-state index is 13.8. The van der Waals surface area contributed by atoms with E-state index in [2.05, 4.69) is 29.5 Å². The van der Waals surface area contributed by atoms with E-state index in [0.29, 0.717) is 11.3 Å². The number of aromatic nitrogens is 1. The summed E-state index contributed by atoms with van der Waals surface area (Å²) >= 11 is 0. The van der Waals surface area contributed by atoms with Crippen LogP contribution in [0, 0.1) is 0 Å². The second-order valence-electron chi connectivity index (χ2n) is 9.11. The topological polar surface area (TPSA) is 74.3 Å². The average Bonchev–Trinajstić information content (AvgIpc) is 3.32. The van der Waals surface area contributed by atoms with Crippen LogP contribution in [0.25, 0.3) is 17.2 Å². The first-order valence-corrected chi connectivity index (χ1v) is 12.8. The third kappa shape index (κ3) is 5.96. The number of hydrogen-bond donors (Lipinski definition) is 2. The largest absolute Gasteiger partial charge is 0.436 e. The summed E-state index contributed by atoms with van der Waals surface area (Å²) in [5.41, 5.74) is 4.97. The first kappa shape index (κ1) is 27.8. The number of hydrogen-bond acceptors (Lipinski definition) is 5. The molecule has 37 heavy (non-hydrogen) atoms. The fraction of sp³-hybridized carbons (Fsp3) is 0.300. The molecule has 0 radical (unpaired) electrons. The number of nitrogens with one attached hydrogen (secondary N) is 2. The molecule has 4 rings (SSSR count). The van der Waals surface area contributed by atoms with E-state index in [0.717, 1.165) is 41.9 Å². The maximum Gasteiger partial charge on any atom is 0.436 e. The van der Waals surface area contributed by atoms with Crippen molar-refractivity contribution in [3.8, 4) is 11.1 Å². The number of quaternary nitrogens is 1. The van der Waals surface area contributed by atoms with E-state index in [1.807, 2.05) is 61.8 Å². The highest BCUT2D eigenvalue weighted by atomic mass is 16.2. The number of carbonyl (C=O) groups excluding carboxylic acids is 2. The Kier molecular flexibility index (Phi) is 9.71. The third-order valence-electron chi connectivity index (χ3n) is 6.13. The minimum atomic E-state index is -0.485. The Morgan fingerprint density at radius 3 is 2.27 bits per heavy atom. The number of rotatable bonds is 7. The van der Waals surface area contributed by atoms with E-state index in [1.165, 1.54) is 11.3 Å². The van der Waals surface area contributed by atoms with Gasteiger partial charge in [-0.05, 0) is 56.3 Å². The van der Waals surface area contributed by atoms with Gasteiger partial charge in [-0.3, -0.25) is 9.88 Å². The first-order valence-electron chi connectivity index (χ1n) is 12.8. The summed E-state index contributed by atoms with van der Waals surface area (Å²) in [6, 6.07) is 16.6. The highest BCUT2D eigenvalue weighted by Gasteiger charge is 2.51. The summed E-state index contributed by atoms with van der Waals surface area (Å²) in [6.07, 6.45) is 9.33. The molecule has 1 aromatic heterocycles. The monoisotopic (exact) mass is 500 g/mol. The molecule has 3 amide bonds. The molecular weight excluding hydrogens is 462 g/mol. The molecule has 0 saturated heterocycles. The SMILES string of the molecule is CCCNC.CCCNc1cnccc1-c1ccc(C(=O)[N+]2(C(=O)N(C)C)C=Cc3ccccc32)cc1. The molecule has 2 N–H and O–H groups in total. The third-order valence-corrected chi connectivity index (χ3v) is 6.13. The van der Waals surface area contributed by atoms with Gasteiger partial charge >= 0.3 is 11.9 Å². The minimum absolute atomic E-state index is 0.282. The zero-order valence-electron chi connectivity index (χ0n) is 22.5. The number of benzene rings is 2. The summed E-state index contributed by atoms with van der Waals surface area (Å²) in [5, 5.41) is 6.41. The summed E-state index contributed by atoms with van der Waals surface area (Å²) in [4.78, 5) is 32.8. The normalized spacial score (nSPS) is 15.4. The molecule has 0 aliphatic carbocycles. The lowest BCUT2D eigenvalue weighted by Gasteiger charge is -2.29. The Labute approximate surface area is 220 Å². The molecular formula is C30H38N5O2+. The van der Waals surface area contributed by atoms with Crippen molar-refractivity contribution in [1.29, 1.82) is 0 Å². The second kappa shape index (κ2) is 12.9. The number of carbonyl (C=O) groups is 2. The highest BCUT2D eigenvalue weighted by Crippen LogP contribution is 2.38. The zero-order valence-corrected chi connectivity index (χ0v) is 22.5. The Morgan fingerprint density at radius 1 is 0.946 bits per heavy atom. The molecule has 2 heterocycles. The van der Waals surface area contributed by atoms with Gasteiger partial charge in [0.25, 0.3) is 0 Å². The van der Waals surface area contributed by atoms with Crippen molar-refractivity contribution in [2.24, 2.45) is 0 Å². The summed E-state index contributed by atoms with van der Waals surface area (Å²) in [7, 11) is 5.30. The lowest BCUT2D eigenvalue weighted by Crippen LogP contribution is -2.57. The van der Waals surface area contributed by atoms with Gasteiger partial charge in [-0.15, -0.1) is 4.48 Å². The molecule has 7 heteroatoms. The molecule has 0 bridgehead atoms. The molecule has 1 unspecified atom stereocenters. The number of pyridine rings is 1. The number of amides is 3. The van der Waals surface area contributed by atoms with E-state index in [1.54, 1.807) is 38.6 Å². The van der Waals surface area contributed by atoms with Gasteiger partial charge in [0, 0.05) is 50.1 Å². The van der Waals surface area contributed by atoms with Crippen LogP contribution in [0.4, 0.5) is 16.2 Å². The highest BCUT2D eigenvalue weighted by molar-refractivity contribution is 6.19. The van der Waals surface area contributed by atoms with Gasteiger partial charge in [-0.1, -0.05) is 38.1 Å². The zero-order chi connectivity index (χ0) is 26.8. The molecule has 1 aliphatic heterocycles. The number of para-hydroxylation sites is 1. The van der Waals surface area contributed by atoms with Crippen LogP contribution in [-0.2, 0) is 0 Å². The average molecular weight is 501 g/mol. The minimum Gasteiger partial charge on any atom is -0.383 e. The predicted molar refractivity (Wildman–Crippen MR) is 153 cm³/mol. The number of fused-ring (bicyclic) bond motifs is 1. The van der Waals surface area contributed by atoms with Gasteiger partial charge < -0.3 is 10.6 Å². The van der Waals surface area contributed by atoms with Crippen LogP contribution in [0.5, 0.6) is 0 Å². The lowest BCUT2D eigenvalue weighted by molar-refractivity contribution is 0.0841. The molecule has 0 saturated carbocycles. The lowest BCUT2D eigenvalue weighted by atomic mass is 10.0. The Bertz CT molecular complexity index is 1230. The van der Waals surface area contributed by atoms with Crippen molar-refractivity contribution in [3.63, 3.8) is 0 Å². The molecule has 3 aromatic rings. The summed E-state index contributed by atoms with van der Waals surface area (Å²) in [6.45, 7) is 6.26. The van der Waals surface area contributed by atoms with Crippen LogP contribution in [0.1, 0.15) is 42.6 Å². The van der Waals surface area contributed by atoms with Crippen molar-refractivity contribution in [1.82, 2.24) is 19.7 Å². The van der Waals surface area contributed by atoms with E-state index in [4.69, 9.17) is 0 Å². The van der Waals surface area contributed by atoms with Crippen LogP contribution in [0.15, 0.2) is 73.2 Å². The van der Waals surface area contributed by atoms with Crippen LogP contribution in [0.3, 0.4) is 0 Å². The van der Waals surface area contributed by atoms with E-state index >= 15 is 0 Å². The maximum atomic E-state index is 13.8. The standard InChI is InChI=1S/C26H26N4O2.C4H11N/c1-4-15-28-23-18-27-16-13-22(23)19-9-11-21(12-10-19)25(31)30(26(32)29(2)3)17-14-20-7-5-6-8-24(20)30;1-3-4-5-2/h5-14,16-18H,4,15H2,1-3H3;5H,3-4H2,1-2H3/p+1. The Morgan fingerprint density at radius 2 is 1.65 bits per heavy atom. The van der Waals surface area contributed by atoms with Crippen molar-refractivity contribution in [2.45, 2.75) is 26.7 Å². The van der Waals surface area contributed by atoms with Crippen LogP contribution in [0.2, 0.25) is 0 Å². The summed E-state index contributed by atoms with van der Waals surface area (Å²) < 4.78 is -0.485. The van der Waals surface area contributed by atoms with Gasteiger partial charge in [0.2, 0.25) is 0 Å². The van der Waals surface area contributed by atoms with Crippen LogP contribution >= 0.6 is 0 Å². The van der Waals surface area contributed by atoms with Crippen LogP contribution < -0.4 is 15.1 Å². The molecule has 2 aromatic carbocycles. The number of imide groups is 1. The van der Waals surface area contributed by atoms with Crippen molar-refractivity contribution >= 4 is 29.4 Å². The Hall–Kier alpha value is -3.81. The predicted octanol–water partition coefficient (Wildman–Crippen LogP) is 6.00. The summed E-state index contributed by atoms with van der Waals surface area (Å²) in [5.74, 6) is -0.282. The fourth-order valence-corrected chi connectivity index (χ4v) is 4.26. The Balaban J connectivity index is 0.000000695. The molecule has 1 atom stereocenters. The van der Waals surface area contributed by atoms with E-state index in [9.17, 15) is 9.59 Å². The molecule has 0 fully saturated rings. The van der Waals surface area contributed by atoms with Crippen LogP contribution in [-0.4, -0.2) is 56.1 Å². The van der Waals surface area contributed by atoms with Gasteiger partial charge in [-0.25, -0.2) is 9.59 Å². The van der Waals surface area contributed by atoms with Crippen molar-refractivity contribution < 1.29 is 9.59 Å². The van der Waals surface area contributed by atoms with Gasteiger partial charge in [-0.2, -0.15) is 0 Å². The second-order valence-corrected chi connectivity index (χ2v) is 9.11. The van der Waals surface area contributed by atoms with E-state index in [-0.39, 0.29) is 11.9 Å². The number of anilines is 1. The van der Waals surface area contributed by atoms with Gasteiger partial charge in [0.15, 0.2) is 5.69 Å². The fourth-order valence-electron chi connectivity index (χ4n) is 4.26. The number of urea groups is 1. The number of nitrogens with zero attached hydrogens (tertiary/aromatic N) is 3. The molecule has 194 valence electrons. The molecule has 1 aliphatic rings. The van der Waals surface area contributed by atoms with Gasteiger partial charge in [0.05, 0.1) is 17.4 Å². The van der Waals surface area contributed by atoms with Crippen molar-refractivity contribution in [2.75, 3.05) is 39.5 Å². The smallest absolute Gasteiger partial charge is 0.383 e. The van der Waals surface area contributed by atoms with Crippen molar-refractivity contribution in [3.05, 3.63) is 84.3 Å². The van der Waals surface area contributed by atoms with E-state index < -0.39 is 4.48 Å². The quantitative estimate of drug-likeness (QED) is 0.389. The molecule has 7 nitrogen and oxygen atoms in total. The molecule has 0 spiro atoms. The van der Waals surface area contributed by atoms with Gasteiger partial charge in [0.1, 0.15) is 6.20 Å².